The molecular formula is C10H19N3O3. The minimum Gasteiger partial charge on any atom is -0.383 e. The summed E-state index contributed by atoms with van der Waals surface area (Å²) in [6.45, 7) is 2.97. The number of rotatable bonds is 4. The van der Waals surface area contributed by atoms with Gasteiger partial charge in [0, 0.05) is 20.7 Å². The maximum atomic E-state index is 12.0. The molecule has 6 nitrogen and oxygen atoms in total. The van der Waals surface area contributed by atoms with Gasteiger partial charge in [0.05, 0.1) is 19.2 Å². The predicted molar refractivity (Wildman–Crippen MR) is 58.9 cm³/mol. The van der Waals surface area contributed by atoms with E-state index < -0.39 is 0 Å². The average molecular weight is 229 g/mol. The Labute approximate surface area is 95.3 Å². The maximum Gasteiger partial charge on any atom is 0.241 e. The van der Waals surface area contributed by atoms with Crippen LogP contribution in [0.1, 0.15) is 6.92 Å². The molecule has 92 valence electrons. The second kappa shape index (κ2) is 5.81. The van der Waals surface area contributed by atoms with Crippen LogP contribution in [-0.4, -0.2) is 62.7 Å². The van der Waals surface area contributed by atoms with Gasteiger partial charge in [0.25, 0.3) is 0 Å². The number of carbonyl (C=O) groups is 2. The van der Waals surface area contributed by atoms with Crippen LogP contribution in [-0.2, 0) is 14.3 Å². The number of likely N-dealkylation sites (N-methyl/N-ethyl adjacent to an activating group) is 1. The zero-order valence-electron chi connectivity index (χ0n) is 9.95. The minimum atomic E-state index is -0.331. The van der Waals surface area contributed by atoms with E-state index in [1.807, 2.05) is 6.92 Å². The third-order valence-corrected chi connectivity index (χ3v) is 2.73. The van der Waals surface area contributed by atoms with Gasteiger partial charge < -0.3 is 15.0 Å². The molecule has 0 aromatic carbocycles. The molecule has 0 aliphatic carbocycles. The summed E-state index contributed by atoms with van der Waals surface area (Å²) in [4.78, 5) is 24.5. The van der Waals surface area contributed by atoms with Crippen LogP contribution in [0.2, 0.25) is 0 Å². The second-order valence-electron chi connectivity index (χ2n) is 3.99. The Bertz CT molecular complexity index is 260. The number of carbonyl (C=O) groups excluding carboxylic acids is 2. The quantitative estimate of drug-likeness (QED) is 0.620. The fraction of sp³-hybridized carbons (Fsp3) is 0.800. The summed E-state index contributed by atoms with van der Waals surface area (Å²) in [6.07, 6.45) is 0. The molecule has 2 atom stereocenters. The number of amides is 2. The van der Waals surface area contributed by atoms with Gasteiger partial charge >= 0.3 is 0 Å². The third kappa shape index (κ3) is 3.18. The normalized spacial score (nSPS) is 22.4. The van der Waals surface area contributed by atoms with E-state index in [0.717, 1.165) is 0 Å². The van der Waals surface area contributed by atoms with Crippen LogP contribution in [0.5, 0.6) is 0 Å². The molecule has 0 spiro atoms. The molecule has 1 fully saturated rings. The van der Waals surface area contributed by atoms with Crippen molar-refractivity contribution in [2.24, 2.45) is 0 Å². The Hall–Kier alpha value is -1.14. The van der Waals surface area contributed by atoms with Crippen LogP contribution < -0.4 is 10.6 Å². The minimum absolute atomic E-state index is 0.0236. The number of methoxy groups -OCH3 is 1. The van der Waals surface area contributed by atoms with Gasteiger partial charge in [0.15, 0.2) is 0 Å². The van der Waals surface area contributed by atoms with Crippen LogP contribution in [0, 0.1) is 0 Å². The van der Waals surface area contributed by atoms with Gasteiger partial charge in [-0.2, -0.15) is 0 Å². The molecule has 2 N–H and O–H groups in total. The van der Waals surface area contributed by atoms with E-state index in [1.54, 1.807) is 19.1 Å². The second-order valence-corrected chi connectivity index (χ2v) is 3.99. The largest absolute Gasteiger partial charge is 0.383 e. The molecule has 1 heterocycles. The van der Waals surface area contributed by atoms with Crippen molar-refractivity contribution in [1.82, 2.24) is 15.5 Å². The van der Waals surface area contributed by atoms with E-state index in [4.69, 9.17) is 4.74 Å². The third-order valence-electron chi connectivity index (χ3n) is 2.73. The van der Waals surface area contributed by atoms with Crippen molar-refractivity contribution in [1.29, 1.82) is 0 Å². The molecule has 1 aliphatic rings. The summed E-state index contributed by atoms with van der Waals surface area (Å²) in [6, 6.07) is -0.307. The molecule has 2 amide bonds. The Morgan fingerprint density at radius 2 is 2.38 bits per heavy atom. The average Bonchev–Trinajstić information content (AvgIpc) is 2.28. The zero-order chi connectivity index (χ0) is 12.1. The van der Waals surface area contributed by atoms with E-state index >= 15 is 0 Å². The van der Waals surface area contributed by atoms with Crippen LogP contribution in [0.4, 0.5) is 0 Å². The van der Waals surface area contributed by atoms with Crippen molar-refractivity contribution in [3.63, 3.8) is 0 Å². The highest BCUT2D eigenvalue weighted by Gasteiger charge is 2.28. The highest BCUT2D eigenvalue weighted by molar-refractivity contribution is 5.86. The molecule has 2 unspecified atom stereocenters. The van der Waals surface area contributed by atoms with E-state index in [0.29, 0.717) is 13.2 Å². The Morgan fingerprint density at radius 3 is 2.88 bits per heavy atom. The fourth-order valence-electron chi connectivity index (χ4n) is 1.56. The van der Waals surface area contributed by atoms with E-state index in [2.05, 4.69) is 10.6 Å². The van der Waals surface area contributed by atoms with Gasteiger partial charge in [-0.15, -0.1) is 0 Å². The molecule has 1 rings (SSSR count). The fourth-order valence-corrected chi connectivity index (χ4v) is 1.56. The molecule has 0 saturated carbocycles. The van der Waals surface area contributed by atoms with Gasteiger partial charge in [0.2, 0.25) is 11.8 Å². The van der Waals surface area contributed by atoms with Crippen LogP contribution in [0.25, 0.3) is 0 Å². The molecule has 6 heteroatoms. The highest BCUT2D eigenvalue weighted by atomic mass is 16.5. The first kappa shape index (κ1) is 12.9. The lowest BCUT2D eigenvalue weighted by Crippen LogP contribution is -2.59. The molecule has 16 heavy (non-hydrogen) atoms. The smallest absolute Gasteiger partial charge is 0.241 e. The Balaban J connectivity index is 2.47. The number of hydrogen-bond donors (Lipinski definition) is 2. The lowest BCUT2D eigenvalue weighted by molar-refractivity contribution is -0.136. The highest BCUT2D eigenvalue weighted by Crippen LogP contribution is 2.01. The van der Waals surface area contributed by atoms with Gasteiger partial charge in [-0.1, -0.05) is 0 Å². The van der Waals surface area contributed by atoms with Gasteiger partial charge in [-0.3, -0.25) is 14.9 Å². The summed E-state index contributed by atoms with van der Waals surface area (Å²) < 4.78 is 5.00. The molecule has 0 bridgehead atoms. The van der Waals surface area contributed by atoms with Crippen LogP contribution in [0.3, 0.4) is 0 Å². The standard InChI is InChI=1S/C10H19N3O3/c1-7(6-16-3)13(2)10(15)8-4-12-9(14)5-11-8/h7-8,11H,4-6H2,1-3H3,(H,12,14). The number of nitrogens with one attached hydrogen (secondary N) is 2. The SMILES string of the molecule is COCC(C)N(C)C(=O)C1CNC(=O)CN1. The summed E-state index contributed by atoms with van der Waals surface area (Å²) in [7, 11) is 3.35. The molecule has 1 saturated heterocycles. The Kier molecular flexibility index (Phi) is 4.70. The number of piperazine rings is 1. The van der Waals surface area contributed by atoms with E-state index in [-0.39, 0.29) is 30.4 Å². The number of nitrogens with zero attached hydrogens (tertiary/aromatic N) is 1. The number of hydrogen-bond acceptors (Lipinski definition) is 4. The summed E-state index contributed by atoms with van der Waals surface area (Å²) >= 11 is 0. The molecule has 0 aromatic heterocycles. The summed E-state index contributed by atoms with van der Waals surface area (Å²) in [5.41, 5.74) is 0. The first-order valence-electron chi connectivity index (χ1n) is 5.32. The first-order chi connectivity index (χ1) is 7.56. The molecule has 0 radical (unpaired) electrons. The van der Waals surface area contributed by atoms with Crippen LogP contribution >= 0.6 is 0 Å². The van der Waals surface area contributed by atoms with Crippen molar-refractivity contribution in [3.8, 4) is 0 Å². The van der Waals surface area contributed by atoms with Crippen molar-refractivity contribution in [2.45, 2.75) is 19.0 Å². The topological polar surface area (TPSA) is 70.7 Å². The van der Waals surface area contributed by atoms with Crippen LogP contribution in [0.15, 0.2) is 0 Å². The lowest BCUT2D eigenvalue weighted by atomic mass is 10.2. The van der Waals surface area contributed by atoms with Crippen molar-refractivity contribution >= 4 is 11.8 Å². The van der Waals surface area contributed by atoms with Gasteiger partial charge in [-0.05, 0) is 6.92 Å². The summed E-state index contributed by atoms with van der Waals surface area (Å²) in [5, 5.41) is 5.56. The molecular weight excluding hydrogens is 210 g/mol. The maximum absolute atomic E-state index is 12.0. The van der Waals surface area contributed by atoms with E-state index in [1.165, 1.54) is 0 Å². The monoisotopic (exact) mass is 229 g/mol. The zero-order valence-corrected chi connectivity index (χ0v) is 9.95. The molecule has 0 aromatic rings. The van der Waals surface area contributed by atoms with Gasteiger partial charge in [0.1, 0.15) is 6.04 Å². The first-order valence-corrected chi connectivity index (χ1v) is 5.32. The Morgan fingerprint density at radius 1 is 1.69 bits per heavy atom. The lowest BCUT2D eigenvalue weighted by Gasteiger charge is -2.31. The predicted octanol–water partition coefficient (Wildman–Crippen LogP) is -1.43. The van der Waals surface area contributed by atoms with Crippen molar-refractivity contribution in [2.75, 3.05) is 33.9 Å². The molecule has 1 aliphatic heterocycles. The van der Waals surface area contributed by atoms with Crippen molar-refractivity contribution < 1.29 is 14.3 Å². The van der Waals surface area contributed by atoms with Crippen molar-refractivity contribution in [3.05, 3.63) is 0 Å². The van der Waals surface area contributed by atoms with E-state index in [9.17, 15) is 9.59 Å². The summed E-state index contributed by atoms with van der Waals surface area (Å²) in [5.74, 6) is -0.0961. The number of ether oxygens (including phenoxy) is 1. The van der Waals surface area contributed by atoms with Gasteiger partial charge in [-0.25, -0.2) is 0 Å².